The average Bonchev–Trinajstić information content (AvgIpc) is 3.13. The fourth-order valence-corrected chi connectivity index (χ4v) is 3.45. The van der Waals surface area contributed by atoms with Crippen LogP contribution in [0.1, 0.15) is 29.8 Å². The average molecular weight is 472 g/mol. The minimum absolute atomic E-state index is 0.0627. The minimum atomic E-state index is -0.767. The molecule has 3 aromatic rings. The van der Waals surface area contributed by atoms with Gasteiger partial charge in [0.25, 0.3) is 0 Å². The monoisotopic (exact) mass is 471 g/mol. The molecule has 4 rings (SSSR count). The van der Waals surface area contributed by atoms with Crippen LogP contribution in [-0.4, -0.2) is 18.2 Å². The third kappa shape index (κ3) is 5.43. The molecule has 0 spiro atoms. The largest absolute Gasteiger partial charge is 0.486 e. The molecule has 0 saturated heterocycles. The van der Waals surface area contributed by atoms with Crippen LogP contribution >= 0.6 is 11.6 Å². The molecular formula is C25H20ClF2NO4. The van der Waals surface area contributed by atoms with Crippen LogP contribution in [0.25, 0.3) is 0 Å². The Labute approximate surface area is 194 Å². The number of hydrogen-bond donors (Lipinski definition) is 1. The Hall–Kier alpha value is -3.58. The summed E-state index contributed by atoms with van der Waals surface area (Å²) < 4.78 is 44.0. The summed E-state index contributed by atoms with van der Waals surface area (Å²) in [7, 11) is 0. The van der Waals surface area contributed by atoms with Crippen LogP contribution in [0.3, 0.4) is 0 Å². The lowest BCUT2D eigenvalue weighted by molar-refractivity contribution is -0.119. The van der Waals surface area contributed by atoms with E-state index >= 15 is 0 Å². The van der Waals surface area contributed by atoms with E-state index in [1.165, 1.54) is 36.6 Å². The Bertz CT molecular complexity index is 1230. The first-order chi connectivity index (χ1) is 15.7. The van der Waals surface area contributed by atoms with Crippen molar-refractivity contribution < 1.29 is 27.8 Å². The summed E-state index contributed by atoms with van der Waals surface area (Å²) in [6.07, 6.45) is 1.46. The quantitative estimate of drug-likeness (QED) is 0.394. The number of anilines is 2. The van der Waals surface area contributed by atoms with E-state index in [2.05, 4.69) is 5.32 Å². The number of hydrogen-bond acceptors (Lipinski definition) is 5. The smallest absolute Gasteiger partial charge is 0.244 e. The van der Waals surface area contributed by atoms with E-state index in [-0.39, 0.29) is 28.6 Å². The zero-order chi connectivity index (χ0) is 23.6. The molecule has 0 aliphatic carbocycles. The molecule has 8 heteroatoms. The van der Waals surface area contributed by atoms with Crippen molar-refractivity contribution >= 4 is 28.8 Å². The number of ketones is 1. The van der Waals surface area contributed by atoms with Crippen molar-refractivity contribution in [1.82, 2.24) is 0 Å². The molecule has 0 aromatic heterocycles. The van der Waals surface area contributed by atoms with E-state index < -0.39 is 17.4 Å². The van der Waals surface area contributed by atoms with Gasteiger partial charge in [0, 0.05) is 30.8 Å². The van der Waals surface area contributed by atoms with Crippen LogP contribution in [0.4, 0.5) is 20.2 Å². The second-order valence-electron chi connectivity index (χ2n) is 7.79. The highest BCUT2D eigenvalue weighted by molar-refractivity contribution is 6.35. The number of halogens is 3. The van der Waals surface area contributed by atoms with E-state index in [9.17, 15) is 13.6 Å². The van der Waals surface area contributed by atoms with Crippen molar-refractivity contribution in [3.63, 3.8) is 0 Å². The van der Waals surface area contributed by atoms with Gasteiger partial charge >= 0.3 is 0 Å². The summed E-state index contributed by atoms with van der Waals surface area (Å²) >= 11 is 6.32. The van der Waals surface area contributed by atoms with Crippen molar-refractivity contribution in [1.29, 1.82) is 0 Å². The van der Waals surface area contributed by atoms with Gasteiger partial charge in [-0.1, -0.05) is 11.6 Å². The van der Waals surface area contributed by atoms with Crippen molar-refractivity contribution in [3.8, 4) is 5.75 Å². The van der Waals surface area contributed by atoms with Gasteiger partial charge in [0.2, 0.25) is 5.79 Å². The van der Waals surface area contributed by atoms with E-state index in [0.29, 0.717) is 22.9 Å². The van der Waals surface area contributed by atoms with Crippen molar-refractivity contribution in [3.05, 3.63) is 100 Å². The second-order valence-corrected chi connectivity index (χ2v) is 8.20. The Kier molecular flexibility index (Phi) is 6.24. The van der Waals surface area contributed by atoms with Crippen LogP contribution in [-0.2, 0) is 9.47 Å². The number of nitrogens with one attached hydrogen (secondary N) is 1. The topological polar surface area (TPSA) is 56.8 Å². The van der Waals surface area contributed by atoms with Gasteiger partial charge in [-0.2, -0.15) is 0 Å². The molecule has 3 aromatic carbocycles. The third-order valence-electron chi connectivity index (χ3n) is 4.76. The Morgan fingerprint density at radius 1 is 1.00 bits per heavy atom. The summed E-state index contributed by atoms with van der Waals surface area (Å²) in [4.78, 5) is 13.0. The maximum Gasteiger partial charge on any atom is 0.244 e. The number of ether oxygens (including phenoxy) is 3. The van der Waals surface area contributed by atoms with Gasteiger partial charge < -0.3 is 19.5 Å². The highest BCUT2D eigenvalue weighted by Crippen LogP contribution is 2.29. The van der Waals surface area contributed by atoms with Gasteiger partial charge in [0.05, 0.1) is 10.6 Å². The Balaban J connectivity index is 1.49. The zero-order valence-electron chi connectivity index (χ0n) is 17.8. The molecule has 1 aliphatic heterocycles. The molecule has 1 aliphatic rings. The lowest BCUT2D eigenvalue weighted by atomic mass is 10.0. The summed E-state index contributed by atoms with van der Waals surface area (Å²) in [6, 6.07) is 14.4. The Morgan fingerprint density at radius 3 is 2.39 bits per heavy atom. The van der Waals surface area contributed by atoms with Gasteiger partial charge in [0.15, 0.2) is 11.5 Å². The first-order valence-corrected chi connectivity index (χ1v) is 10.4. The highest BCUT2D eigenvalue weighted by atomic mass is 35.5. The van der Waals surface area contributed by atoms with E-state index in [1.54, 1.807) is 38.1 Å². The Morgan fingerprint density at radius 2 is 1.73 bits per heavy atom. The molecule has 33 heavy (non-hydrogen) atoms. The molecular weight excluding hydrogens is 452 g/mol. The van der Waals surface area contributed by atoms with Crippen molar-refractivity contribution in [2.24, 2.45) is 0 Å². The predicted octanol–water partition coefficient (Wildman–Crippen LogP) is 6.60. The van der Waals surface area contributed by atoms with Crippen molar-refractivity contribution in [2.75, 3.05) is 11.9 Å². The standard InChI is InChI=1S/C25H20ClF2NO4/c1-25(2)32-14-19(33-25)13-31-18-8-10-23(28)21(12-18)24(30)20-9-7-17(11-22(20)26)29-16-5-3-15(27)4-6-16/h3-12,14,29H,13H2,1-2H3. The van der Waals surface area contributed by atoms with Crippen LogP contribution in [0.5, 0.6) is 5.75 Å². The second kappa shape index (κ2) is 9.11. The lowest BCUT2D eigenvalue weighted by Crippen LogP contribution is -2.21. The molecule has 0 unspecified atom stereocenters. The normalized spacial score (nSPS) is 14.2. The summed E-state index contributed by atoms with van der Waals surface area (Å²) in [5, 5.41) is 3.20. The molecule has 0 bridgehead atoms. The molecule has 0 fully saturated rings. The maximum absolute atomic E-state index is 14.5. The minimum Gasteiger partial charge on any atom is -0.486 e. The van der Waals surface area contributed by atoms with Gasteiger partial charge in [-0.3, -0.25) is 4.79 Å². The molecule has 0 saturated carbocycles. The van der Waals surface area contributed by atoms with Gasteiger partial charge in [-0.05, 0) is 60.7 Å². The summed E-state index contributed by atoms with van der Waals surface area (Å²) in [5.74, 6) is -1.63. The summed E-state index contributed by atoms with van der Waals surface area (Å²) in [6.45, 7) is 3.58. The first-order valence-electron chi connectivity index (χ1n) is 10.1. The SMILES string of the molecule is CC1(C)OC=C(COc2ccc(F)c(C(=O)c3ccc(Nc4ccc(F)cc4)cc3Cl)c2)O1. The molecule has 0 radical (unpaired) electrons. The first kappa shape index (κ1) is 22.6. The van der Waals surface area contributed by atoms with Gasteiger partial charge in [0.1, 0.15) is 30.3 Å². The number of rotatable bonds is 7. The molecule has 0 atom stereocenters. The van der Waals surface area contributed by atoms with Gasteiger partial charge in [-0.25, -0.2) is 8.78 Å². The molecule has 5 nitrogen and oxygen atoms in total. The van der Waals surface area contributed by atoms with E-state index in [4.69, 9.17) is 25.8 Å². The number of benzene rings is 3. The predicted molar refractivity (Wildman–Crippen MR) is 121 cm³/mol. The fourth-order valence-electron chi connectivity index (χ4n) is 3.18. The van der Waals surface area contributed by atoms with Crippen LogP contribution < -0.4 is 10.1 Å². The lowest BCUT2D eigenvalue weighted by Gasteiger charge is -2.18. The number of carbonyl (C=O) groups excluding carboxylic acids is 1. The zero-order valence-corrected chi connectivity index (χ0v) is 18.6. The van der Waals surface area contributed by atoms with E-state index in [1.807, 2.05) is 0 Å². The van der Waals surface area contributed by atoms with E-state index in [0.717, 1.165) is 6.07 Å². The molecule has 1 heterocycles. The maximum atomic E-state index is 14.5. The van der Waals surface area contributed by atoms with Crippen molar-refractivity contribution in [2.45, 2.75) is 19.6 Å². The van der Waals surface area contributed by atoms with Crippen LogP contribution in [0, 0.1) is 11.6 Å². The van der Waals surface area contributed by atoms with Gasteiger partial charge in [-0.15, -0.1) is 0 Å². The fraction of sp³-hybridized carbons (Fsp3) is 0.160. The molecule has 0 amide bonds. The van der Waals surface area contributed by atoms with Crippen LogP contribution in [0.15, 0.2) is 72.7 Å². The molecule has 170 valence electrons. The number of carbonyl (C=O) groups is 1. The third-order valence-corrected chi connectivity index (χ3v) is 5.07. The van der Waals surface area contributed by atoms with Crippen LogP contribution in [0.2, 0.25) is 5.02 Å². The highest BCUT2D eigenvalue weighted by Gasteiger charge is 2.28. The molecule has 1 N–H and O–H groups in total. The summed E-state index contributed by atoms with van der Waals surface area (Å²) in [5.41, 5.74) is 1.20.